The third-order valence-electron chi connectivity index (χ3n) is 6.24. The van der Waals surface area contributed by atoms with Gasteiger partial charge in [0.15, 0.2) is 5.65 Å². The normalized spacial score (nSPS) is 13.2. The van der Waals surface area contributed by atoms with Crippen LogP contribution in [-0.4, -0.2) is 36.8 Å². The SMILES string of the molecule is Cc1cccc(-c2noc(-c3cccn4c(=O)n(CC(=O)N5CCCc6ccccc65)nc34)n2)c1. The summed E-state index contributed by atoms with van der Waals surface area (Å²) in [5, 5.41) is 8.57. The van der Waals surface area contributed by atoms with E-state index in [4.69, 9.17) is 4.52 Å². The molecule has 1 aliphatic heterocycles. The Morgan fingerprint density at radius 3 is 2.86 bits per heavy atom. The van der Waals surface area contributed by atoms with Gasteiger partial charge in [-0.3, -0.25) is 4.79 Å². The van der Waals surface area contributed by atoms with Crippen LogP contribution >= 0.6 is 0 Å². The van der Waals surface area contributed by atoms with Gasteiger partial charge in [-0.1, -0.05) is 47.1 Å². The Balaban J connectivity index is 1.34. The number of aromatic nitrogens is 5. The highest BCUT2D eigenvalue weighted by molar-refractivity contribution is 5.94. The molecule has 4 heterocycles. The molecule has 0 saturated heterocycles. The number of nitrogens with zero attached hydrogens (tertiary/aromatic N) is 6. The number of carbonyl (C=O) groups excluding carboxylic acids is 1. The highest BCUT2D eigenvalue weighted by Gasteiger charge is 2.24. The first-order valence-electron chi connectivity index (χ1n) is 11.5. The fourth-order valence-electron chi connectivity index (χ4n) is 4.55. The van der Waals surface area contributed by atoms with E-state index in [1.807, 2.05) is 55.5 Å². The molecule has 9 nitrogen and oxygen atoms in total. The van der Waals surface area contributed by atoms with E-state index >= 15 is 0 Å². The van der Waals surface area contributed by atoms with Gasteiger partial charge in [0.1, 0.15) is 6.54 Å². The van der Waals surface area contributed by atoms with Crippen molar-refractivity contribution in [1.29, 1.82) is 0 Å². The molecule has 2 aromatic carbocycles. The number of anilines is 1. The third-order valence-corrected chi connectivity index (χ3v) is 6.24. The van der Waals surface area contributed by atoms with Crippen LogP contribution in [0.4, 0.5) is 5.69 Å². The minimum absolute atomic E-state index is 0.160. The van der Waals surface area contributed by atoms with Crippen molar-refractivity contribution in [2.24, 2.45) is 0 Å². The van der Waals surface area contributed by atoms with Crippen LogP contribution in [0.15, 0.2) is 76.2 Å². The van der Waals surface area contributed by atoms with Crippen molar-refractivity contribution >= 4 is 17.2 Å². The van der Waals surface area contributed by atoms with Gasteiger partial charge in [-0.15, -0.1) is 5.10 Å². The van der Waals surface area contributed by atoms with E-state index in [2.05, 4.69) is 15.2 Å². The highest BCUT2D eigenvalue weighted by atomic mass is 16.5. The number of fused-ring (bicyclic) bond motifs is 2. The zero-order chi connectivity index (χ0) is 23.9. The van der Waals surface area contributed by atoms with Crippen LogP contribution in [0.3, 0.4) is 0 Å². The molecule has 0 atom stereocenters. The van der Waals surface area contributed by atoms with Crippen LogP contribution < -0.4 is 10.6 Å². The molecule has 174 valence electrons. The maximum absolute atomic E-state index is 13.2. The number of carbonyl (C=O) groups is 1. The Hall–Kier alpha value is -4.53. The molecular formula is C26H22N6O3. The van der Waals surface area contributed by atoms with Gasteiger partial charge in [-0.05, 0) is 49.6 Å². The van der Waals surface area contributed by atoms with E-state index in [0.717, 1.165) is 35.2 Å². The minimum atomic E-state index is -0.404. The number of amides is 1. The molecule has 0 spiro atoms. The second-order valence-electron chi connectivity index (χ2n) is 8.63. The van der Waals surface area contributed by atoms with Gasteiger partial charge in [-0.2, -0.15) is 4.98 Å². The first-order valence-corrected chi connectivity index (χ1v) is 11.5. The standard InChI is InChI=1S/C26H22N6O3/c1-17-7-4-9-19(15-17)23-27-25(35-29-23)20-11-6-14-31-24(20)28-32(26(31)34)16-22(33)30-13-5-10-18-8-2-3-12-21(18)30/h2-4,6-9,11-12,14-15H,5,10,13,16H2,1H3. The Morgan fingerprint density at radius 2 is 1.97 bits per heavy atom. The summed E-state index contributed by atoms with van der Waals surface area (Å²) in [5.41, 5.74) is 4.42. The third kappa shape index (κ3) is 3.71. The topological polar surface area (TPSA) is 98.5 Å². The first kappa shape index (κ1) is 21.0. The Bertz CT molecular complexity index is 1630. The van der Waals surface area contributed by atoms with Crippen molar-refractivity contribution in [2.75, 3.05) is 11.4 Å². The molecule has 0 N–H and O–H groups in total. The number of hydrogen-bond donors (Lipinski definition) is 0. The van der Waals surface area contributed by atoms with Crippen molar-refractivity contribution in [1.82, 2.24) is 24.3 Å². The maximum atomic E-state index is 13.2. The van der Waals surface area contributed by atoms with E-state index in [9.17, 15) is 9.59 Å². The van der Waals surface area contributed by atoms with Crippen LogP contribution in [0.2, 0.25) is 0 Å². The first-order chi connectivity index (χ1) is 17.1. The minimum Gasteiger partial charge on any atom is -0.333 e. The lowest BCUT2D eigenvalue weighted by atomic mass is 10.0. The predicted octanol–water partition coefficient (Wildman–Crippen LogP) is 3.50. The summed E-state index contributed by atoms with van der Waals surface area (Å²) in [6.45, 7) is 2.45. The largest absolute Gasteiger partial charge is 0.350 e. The average Bonchev–Trinajstić information content (AvgIpc) is 3.49. The van der Waals surface area contributed by atoms with Crippen molar-refractivity contribution < 1.29 is 9.32 Å². The van der Waals surface area contributed by atoms with Crippen LogP contribution in [-0.2, 0) is 17.8 Å². The van der Waals surface area contributed by atoms with Crippen molar-refractivity contribution in [3.05, 3.63) is 88.5 Å². The zero-order valence-electron chi connectivity index (χ0n) is 19.1. The van der Waals surface area contributed by atoms with E-state index in [1.54, 1.807) is 23.2 Å². The quantitative estimate of drug-likeness (QED) is 0.402. The molecule has 3 aromatic heterocycles. The molecule has 35 heavy (non-hydrogen) atoms. The van der Waals surface area contributed by atoms with Crippen molar-refractivity contribution in [3.8, 4) is 22.8 Å². The molecule has 0 aliphatic carbocycles. The van der Waals surface area contributed by atoms with E-state index in [-0.39, 0.29) is 18.3 Å². The highest BCUT2D eigenvalue weighted by Crippen LogP contribution is 2.27. The molecule has 5 aromatic rings. The van der Waals surface area contributed by atoms with E-state index in [0.29, 0.717) is 23.6 Å². The average molecular weight is 467 g/mol. The van der Waals surface area contributed by atoms with Crippen molar-refractivity contribution in [2.45, 2.75) is 26.3 Å². The summed E-state index contributed by atoms with van der Waals surface area (Å²) in [4.78, 5) is 32.5. The molecule has 9 heteroatoms. The fourth-order valence-corrected chi connectivity index (χ4v) is 4.55. The zero-order valence-corrected chi connectivity index (χ0v) is 19.1. The van der Waals surface area contributed by atoms with Crippen LogP contribution in [0, 0.1) is 6.92 Å². The lowest BCUT2D eigenvalue weighted by Gasteiger charge is -2.29. The summed E-state index contributed by atoms with van der Waals surface area (Å²) in [7, 11) is 0. The molecule has 6 rings (SSSR count). The summed E-state index contributed by atoms with van der Waals surface area (Å²) >= 11 is 0. The molecule has 0 radical (unpaired) electrons. The molecule has 0 saturated carbocycles. The number of rotatable bonds is 4. The maximum Gasteiger partial charge on any atom is 0.350 e. The second kappa shape index (κ2) is 8.35. The fraction of sp³-hybridized carbons (Fsp3) is 0.192. The Labute approximate surface area is 200 Å². The molecule has 0 bridgehead atoms. The number of aryl methyl sites for hydroxylation is 2. The Kier molecular flexibility index (Phi) is 5.02. The van der Waals surface area contributed by atoms with Gasteiger partial charge in [0.25, 0.3) is 5.89 Å². The lowest BCUT2D eigenvalue weighted by molar-refractivity contribution is -0.119. The van der Waals surface area contributed by atoms with Gasteiger partial charge in [0, 0.05) is 24.0 Å². The van der Waals surface area contributed by atoms with Crippen LogP contribution in [0.1, 0.15) is 17.5 Å². The summed E-state index contributed by atoms with van der Waals surface area (Å²) in [6.07, 6.45) is 3.43. The number of hydrogen-bond acceptors (Lipinski definition) is 6. The molecular weight excluding hydrogens is 444 g/mol. The van der Waals surface area contributed by atoms with E-state index < -0.39 is 5.69 Å². The second-order valence-corrected chi connectivity index (χ2v) is 8.63. The van der Waals surface area contributed by atoms with Gasteiger partial charge >= 0.3 is 5.69 Å². The van der Waals surface area contributed by atoms with Gasteiger partial charge in [0.2, 0.25) is 11.7 Å². The summed E-state index contributed by atoms with van der Waals surface area (Å²) in [5.74, 6) is 0.524. The molecule has 1 aliphatic rings. The summed E-state index contributed by atoms with van der Waals surface area (Å²) < 4.78 is 8.10. The number of pyridine rings is 1. The number of benzene rings is 2. The molecule has 0 fully saturated rings. The summed E-state index contributed by atoms with van der Waals surface area (Å²) in [6, 6.07) is 19.2. The monoisotopic (exact) mass is 466 g/mol. The lowest BCUT2D eigenvalue weighted by Crippen LogP contribution is -2.39. The van der Waals surface area contributed by atoms with Crippen LogP contribution in [0.25, 0.3) is 28.5 Å². The van der Waals surface area contributed by atoms with Crippen molar-refractivity contribution in [3.63, 3.8) is 0 Å². The predicted molar refractivity (Wildman–Crippen MR) is 130 cm³/mol. The van der Waals surface area contributed by atoms with Gasteiger partial charge in [-0.25, -0.2) is 13.9 Å². The van der Waals surface area contributed by atoms with Crippen LogP contribution in [0.5, 0.6) is 0 Å². The Morgan fingerprint density at radius 1 is 1.09 bits per heavy atom. The smallest absolute Gasteiger partial charge is 0.333 e. The van der Waals surface area contributed by atoms with Gasteiger partial charge < -0.3 is 9.42 Å². The van der Waals surface area contributed by atoms with Gasteiger partial charge in [0.05, 0.1) is 5.56 Å². The number of para-hydroxylation sites is 1. The van der Waals surface area contributed by atoms with E-state index in [1.165, 1.54) is 9.08 Å². The molecule has 0 unspecified atom stereocenters. The molecule has 1 amide bonds.